The summed E-state index contributed by atoms with van der Waals surface area (Å²) in [6.45, 7) is 6.47. The number of aromatic nitrogens is 3. The maximum absolute atomic E-state index is 11.2. The molecule has 7 nitrogen and oxygen atoms in total. The molecular formula is C23H25N5O2S. The third-order valence-electron chi connectivity index (χ3n) is 6.08. The molecule has 8 heteroatoms. The lowest BCUT2D eigenvalue weighted by atomic mass is 10.0. The second-order valence-corrected chi connectivity index (χ2v) is 9.08. The van der Waals surface area contributed by atoms with Crippen molar-refractivity contribution < 1.29 is 9.53 Å². The Kier molecular flexibility index (Phi) is 5.41. The summed E-state index contributed by atoms with van der Waals surface area (Å²) in [5, 5.41) is 12.4. The van der Waals surface area contributed by atoms with Crippen molar-refractivity contribution in [3.63, 3.8) is 0 Å². The van der Waals surface area contributed by atoms with Gasteiger partial charge in [0.2, 0.25) is 11.0 Å². The van der Waals surface area contributed by atoms with Gasteiger partial charge in [-0.1, -0.05) is 23.5 Å². The maximum atomic E-state index is 11.2. The topological polar surface area (TPSA) is 80.2 Å². The summed E-state index contributed by atoms with van der Waals surface area (Å²) in [6.07, 6.45) is 4.92. The first-order chi connectivity index (χ1) is 15.1. The van der Waals surface area contributed by atoms with Crippen LogP contribution in [0.1, 0.15) is 42.3 Å². The molecule has 4 heterocycles. The largest absolute Gasteiger partial charge is 0.491 e. The summed E-state index contributed by atoms with van der Waals surface area (Å²) in [5.74, 6) is 0.812. The van der Waals surface area contributed by atoms with E-state index >= 15 is 0 Å². The highest BCUT2D eigenvalue weighted by molar-refractivity contribution is 7.18. The second-order valence-electron chi connectivity index (χ2n) is 8.10. The number of carbonyl (C=O) groups excluding carboxylic acids is 1. The molecule has 2 aromatic heterocycles. The van der Waals surface area contributed by atoms with Crippen LogP contribution in [0.2, 0.25) is 0 Å². The normalized spacial score (nSPS) is 16.7. The number of nitrogens with zero attached hydrogens (tertiary/aromatic N) is 4. The number of carbonyl (C=O) groups is 1. The van der Waals surface area contributed by atoms with Crippen molar-refractivity contribution in [3.05, 3.63) is 52.8 Å². The van der Waals surface area contributed by atoms with Crippen molar-refractivity contribution in [1.82, 2.24) is 20.1 Å². The van der Waals surface area contributed by atoms with Crippen LogP contribution in [-0.2, 0) is 24.1 Å². The fraction of sp³-hybridized carbons (Fsp3) is 0.391. The van der Waals surface area contributed by atoms with Crippen molar-refractivity contribution >= 4 is 22.4 Å². The summed E-state index contributed by atoms with van der Waals surface area (Å²) in [7, 11) is 0. The Balaban J connectivity index is 1.31. The van der Waals surface area contributed by atoms with Crippen molar-refractivity contribution in [2.45, 2.75) is 39.2 Å². The number of hydrogen-bond donors (Lipinski definition) is 1. The number of amides is 1. The van der Waals surface area contributed by atoms with Gasteiger partial charge in [-0.2, -0.15) is 0 Å². The van der Waals surface area contributed by atoms with Crippen LogP contribution in [0, 0.1) is 0 Å². The lowest BCUT2D eigenvalue weighted by molar-refractivity contribution is -0.114. The van der Waals surface area contributed by atoms with Gasteiger partial charge in [0.05, 0.1) is 12.3 Å². The van der Waals surface area contributed by atoms with Gasteiger partial charge in [-0.25, -0.2) is 0 Å². The lowest BCUT2D eigenvalue weighted by Crippen LogP contribution is -2.29. The van der Waals surface area contributed by atoms with E-state index in [0.29, 0.717) is 11.2 Å². The predicted octanol–water partition coefficient (Wildman–Crippen LogP) is 3.66. The zero-order valence-corrected chi connectivity index (χ0v) is 18.5. The lowest BCUT2D eigenvalue weighted by Gasteiger charge is -2.27. The molecule has 2 aliphatic heterocycles. The number of fused-ring (bicyclic) bond motifs is 2. The van der Waals surface area contributed by atoms with Gasteiger partial charge >= 0.3 is 0 Å². The molecule has 1 amide bonds. The van der Waals surface area contributed by atoms with E-state index in [4.69, 9.17) is 4.74 Å². The van der Waals surface area contributed by atoms with E-state index in [1.165, 1.54) is 35.0 Å². The van der Waals surface area contributed by atoms with Crippen LogP contribution in [0.25, 0.3) is 10.6 Å². The molecule has 0 saturated carbocycles. The fourth-order valence-electron chi connectivity index (χ4n) is 4.30. The summed E-state index contributed by atoms with van der Waals surface area (Å²) in [5.41, 5.74) is 6.09. The first-order valence-electron chi connectivity index (χ1n) is 10.7. The number of nitrogens with one attached hydrogen (secondary N) is 1. The van der Waals surface area contributed by atoms with E-state index in [2.05, 4.69) is 56.6 Å². The SMILES string of the molecule is CC(=O)Nc1nnc(-c2ccc3c(c2)CCN(C(C)c2cnc4c(c2)OCC4)CC3)s1. The van der Waals surface area contributed by atoms with E-state index in [9.17, 15) is 4.79 Å². The number of rotatable bonds is 4. The van der Waals surface area contributed by atoms with Crippen molar-refractivity contribution in [2.24, 2.45) is 0 Å². The minimum absolute atomic E-state index is 0.135. The molecule has 0 fully saturated rings. The minimum atomic E-state index is -0.135. The summed E-state index contributed by atoms with van der Waals surface area (Å²) < 4.78 is 5.72. The molecule has 1 aromatic carbocycles. The number of hydrogen-bond acceptors (Lipinski definition) is 7. The third-order valence-corrected chi connectivity index (χ3v) is 6.96. The highest BCUT2D eigenvalue weighted by Gasteiger charge is 2.23. The van der Waals surface area contributed by atoms with E-state index in [-0.39, 0.29) is 5.91 Å². The molecule has 0 radical (unpaired) electrons. The Morgan fingerprint density at radius 1 is 1.16 bits per heavy atom. The van der Waals surface area contributed by atoms with Crippen molar-refractivity contribution in [1.29, 1.82) is 0 Å². The molecule has 1 unspecified atom stereocenters. The number of pyridine rings is 1. The van der Waals surface area contributed by atoms with Crippen molar-refractivity contribution in [3.8, 4) is 16.3 Å². The Morgan fingerprint density at radius 3 is 2.84 bits per heavy atom. The monoisotopic (exact) mass is 435 g/mol. The van der Waals surface area contributed by atoms with Crippen LogP contribution >= 0.6 is 11.3 Å². The van der Waals surface area contributed by atoms with Crippen LogP contribution in [0.3, 0.4) is 0 Å². The molecule has 0 spiro atoms. The third kappa shape index (κ3) is 4.18. The van der Waals surface area contributed by atoms with Crippen molar-refractivity contribution in [2.75, 3.05) is 25.0 Å². The number of ether oxygens (including phenoxy) is 1. The maximum Gasteiger partial charge on any atom is 0.223 e. The first kappa shape index (κ1) is 20.1. The Bertz CT molecular complexity index is 1130. The van der Waals surface area contributed by atoms with Crippen LogP contribution in [0.4, 0.5) is 5.13 Å². The number of anilines is 1. The van der Waals surface area contributed by atoms with E-state index < -0.39 is 0 Å². The molecule has 3 aromatic rings. The van der Waals surface area contributed by atoms with Gasteiger partial charge in [0.15, 0.2) is 0 Å². The first-order valence-corrected chi connectivity index (χ1v) is 11.5. The fourth-order valence-corrected chi connectivity index (χ4v) is 5.09. The molecule has 160 valence electrons. The summed E-state index contributed by atoms with van der Waals surface area (Å²) in [6, 6.07) is 9.00. The molecule has 0 aliphatic carbocycles. The zero-order chi connectivity index (χ0) is 21.4. The molecular weight excluding hydrogens is 410 g/mol. The second kappa shape index (κ2) is 8.36. The standard InChI is InChI=1S/C23H25N5O2S/c1-14(19-12-21-20(24-13-19)7-10-30-21)28-8-5-16-3-4-18(11-17(16)6-9-28)22-26-27-23(31-22)25-15(2)29/h3-4,11-14H,5-10H2,1-2H3,(H,25,27,29). The summed E-state index contributed by atoms with van der Waals surface area (Å²) >= 11 is 1.40. The van der Waals surface area contributed by atoms with Crippen LogP contribution < -0.4 is 10.1 Å². The zero-order valence-electron chi connectivity index (χ0n) is 17.7. The average molecular weight is 436 g/mol. The molecule has 2 aliphatic rings. The molecule has 0 bridgehead atoms. The molecule has 5 rings (SSSR count). The Hall–Kier alpha value is -2.84. The average Bonchev–Trinajstić information content (AvgIpc) is 3.37. The molecule has 1 N–H and O–H groups in total. The van der Waals surface area contributed by atoms with Gasteiger partial charge in [-0.05, 0) is 48.6 Å². The van der Waals surface area contributed by atoms with Gasteiger partial charge in [0, 0.05) is 44.2 Å². The Labute approximate surface area is 185 Å². The van der Waals surface area contributed by atoms with Crippen LogP contribution in [0.5, 0.6) is 5.75 Å². The van der Waals surface area contributed by atoms with Gasteiger partial charge in [-0.15, -0.1) is 10.2 Å². The molecule has 1 atom stereocenters. The van der Waals surface area contributed by atoms with Crippen LogP contribution in [-0.4, -0.2) is 45.7 Å². The summed E-state index contributed by atoms with van der Waals surface area (Å²) in [4.78, 5) is 18.4. The van der Waals surface area contributed by atoms with Gasteiger partial charge < -0.3 is 10.1 Å². The van der Waals surface area contributed by atoms with Crippen LogP contribution in [0.15, 0.2) is 30.5 Å². The number of benzene rings is 1. The highest BCUT2D eigenvalue weighted by Crippen LogP contribution is 2.32. The van der Waals surface area contributed by atoms with E-state index in [1.54, 1.807) is 0 Å². The minimum Gasteiger partial charge on any atom is -0.491 e. The molecule has 0 saturated heterocycles. The quantitative estimate of drug-likeness (QED) is 0.674. The van der Waals surface area contributed by atoms with Gasteiger partial charge in [0.25, 0.3) is 0 Å². The predicted molar refractivity (Wildman–Crippen MR) is 120 cm³/mol. The molecule has 31 heavy (non-hydrogen) atoms. The highest BCUT2D eigenvalue weighted by atomic mass is 32.1. The van der Waals surface area contributed by atoms with Gasteiger partial charge in [0.1, 0.15) is 10.8 Å². The Morgan fingerprint density at radius 2 is 2.00 bits per heavy atom. The smallest absolute Gasteiger partial charge is 0.223 e. The van der Waals surface area contributed by atoms with Gasteiger partial charge in [-0.3, -0.25) is 14.7 Å². The van der Waals surface area contributed by atoms with E-state index in [0.717, 1.165) is 61.0 Å². The van der Waals surface area contributed by atoms with E-state index in [1.807, 2.05) is 6.20 Å².